The fourth-order valence-corrected chi connectivity index (χ4v) is 4.55. The smallest absolute Gasteiger partial charge is 0.333 e. The summed E-state index contributed by atoms with van der Waals surface area (Å²) in [6, 6.07) is 8.22. The Hall–Kier alpha value is -2.67. The molecule has 0 bridgehead atoms. The minimum atomic E-state index is -0.768. The maximum atomic E-state index is 13.9. The Morgan fingerprint density at radius 3 is 2.05 bits per heavy atom. The summed E-state index contributed by atoms with van der Waals surface area (Å²) >= 11 is 0. The van der Waals surface area contributed by atoms with Crippen molar-refractivity contribution in [3.05, 3.63) is 47.5 Å². The number of carbonyl (C=O) groups is 3. The van der Waals surface area contributed by atoms with Crippen LogP contribution < -0.4 is 10.6 Å². The number of nitrogens with one attached hydrogen (secondary N) is 2. The summed E-state index contributed by atoms with van der Waals surface area (Å²) in [4.78, 5) is 41.5. The minimum Gasteiger partial charge on any atom is -0.463 e. The molecular formula is C30H49N3O4. The van der Waals surface area contributed by atoms with Crippen LogP contribution in [0.2, 0.25) is 0 Å². The van der Waals surface area contributed by atoms with E-state index in [1.165, 1.54) is 0 Å². The molecule has 0 heterocycles. The standard InChI is InChI=1S/C30H49N3O4/c1-12-20(3)23(19-21(4)28(36)37-13-2)33(11)27(35)25(29(5,6)7)32-26(34)24(31-10)30(8,9)22-17-15-14-16-18-22/h14-20,23-25,31H,12-13H2,1-11H3,(H,32,34)/b21-19+/t20?,23-,24?,25-/m1/s1. The molecule has 2 amide bonds. The normalized spacial score (nSPS) is 15.8. The van der Waals surface area contributed by atoms with Gasteiger partial charge in [-0.05, 0) is 37.8 Å². The molecule has 1 aromatic rings. The summed E-state index contributed by atoms with van der Waals surface area (Å²) in [7, 11) is 3.50. The number of hydrogen-bond donors (Lipinski definition) is 2. The van der Waals surface area contributed by atoms with Gasteiger partial charge in [0.25, 0.3) is 0 Å². The van der Waals surface area contributed by atoms with Gasteiger partial charge in [0.2, 0.25) is 11.8 Å². The maximum absolute atomic E-state index is 13.9. The molecule has 7 heteroatoms. The van der Waals surface area contributed by atoms with E-state index in [0.717, 1.165) is 12.0 Å². The molecule has 0 saturated heterocycles. The Balaban J connectivity index is 3.33. The lowest BCUT2D eigenvalue weighted by atomic mass is 9.76. The van der Waals surface area contributed by atoms with Crippen molar-refractivity contribution in [3.63, 3.8) is 0 Å². The maximum Gasteiger partial charge on any atom is 0.333 e. The fraction of sp³-hybridized carbons (Fsp3) is 0.633. The number of benzene rings is 1. The second kappa shape index (κ2) is 13.8. The Morgan fingerprint density at radius 1 is 1.03 bits per heavy atom. The zero-order chi connectivity index (χ0) is 28.6. The molecule has 208 valence electrons. The van der Waals surface area contributed by atoms with Crippen LogP contribution in [0.3, 0.4) is 0 Å². The lowest BCUT2D eigenvalue weighted by molar-refractivity contribution is -0.141. The molecule has 37 heavy (non-hydrogen) atoms. The van der Waals surface area contributed by atoms with Crippen LogP contribution in [0.15, 0.2) is 42.0 Å². The van der Waals surface area contributed by atoms with Crippen molar-refractivity contribution in [2.45, 2.75) is 92.3 Å². The van der Waals surface area contributed by atoms with Gasteiger partial charge < -0.3 is 20.3 Å². The van der Waals surface area contributed by atoms with Gasteiger partial charge >= 0.3 is 5.97 Å². The van der Waals surface area contributed by atoms with Crippen LogP contribution in [0, 0.1) is 11.3 Å². The van der Waals surface area contributed by atoms with Crippen LogP contribution in [0.5, 0.6) is 0 Å². The number of hydrogen-bond acceptors (Lipinski definition) is 5. The molecule has 7 nitrogen and oxygen atoms in total. The summed E-state index contributed by atoms with van der Waals surface area (Å²) in [5, 5.41) is 6.24. The highest BCUT2D eigenvalue weighted by atomic mass is 16.5. The van der Waals surface area contributed by atoms with E-state index >= 15 is 0 Å². The van der Waals surface area contributed by atoms with Crippen LogP contribution in [0.1, 0.15) is 74.3 Å². The third-order valence-corrected chi connectivity index (χ3v) is 7.23. The van der Waals surface area contributed by atoms with Gasteiger partial charge in [0.05, 0.1) is 18.7 Å². The van der Waals surface area contributed by atoms with E-state index in [4.69, 9.17) is 4.74 Å². The summed E-state index contributed by atoms with van der Waals surface area (Å²) in [6.07, 6.45) is 2.62. The molecule has 0 aliphatic heterocycles. The van der Waals surface area contributed by atoms with E-state index in [1.807, 2.05) is 71.9 Å². The highest BCUT2D eigenvalue weighted by Crippen LogP contribution is 2.29. The molecule has 2 unspecified atom stereocenters. The minimum absolute atomic E-state index is 0.0942. The molecule has 1 aromatic carbocycles. The number of carbonyl (C=O) groups excluding carboxylic acids is 3. The Labute approximate surface area is 224 Å². The first-order valence-electron chi connectivity index (χ1n) is 13.3. The Morgan fingerprint density at radius 2 is 1.59 bits per heavy atom. The average Bonchev–Trinajstić information content (AvgIpc) is 2.84. The van der Waals surface area contributed by atoms with Gasteiger partial charge in [-0.25, -0.2) is 4.79 Å². The number of amides is 2. The highest BCUT2D eigenvalue weighted by molar-refractivity contribution is 5.92. The molecule has 0 radical (unpaired) electrons. The van der Waals surface area contributed by atoms with Crippen LogP contribution in [0.25, 0.3) is 0 Å². The topological polar surface area (TPSA) is 87.7 Å². The number of rotatable bonds is 12. The SMILES string of the molecule is CCOC(=O)/C(C)=C/[C@H](C(C)CC)N(C)C(=O)[C@@H](NC(=O)C(NC)C(C)(C)c1ccccc1)C(C)(C)C. The Kier molecular flexibility index (Phi) is 12.0. The second-order valence-electron chi connectivity index (χ2n) is 11.5. The van der Waals surface area contributed by atoms with E-state index in [9.17, 15) is 14.4 Å². The molecule has 0 spiro atoms. The van der Waals surface area contributed by atoms with E-state index in [-0.39, 0.29) is 30.4 Å². The summed E-state index contributed by atoms with van der Waals surface area (Å²) < 4.78 is 5.14. The van der Waals surface area contributed by atoms with E-state index in [1.54, 1.807) is 38.9 Å². The lowest BCUT2D eigenvalue weighted by Crippen LogP contribution is -2.61. The zero-order valence-electron chi connectivity index (χ0n) is 24.8. The summed E-state index contributed by atoms with van der Waals surface area (Å²) in [6.45, 7) is 17.7. The van der Waals surface area contributed by atoms with Gasteiger partial charge in [-0.1, -0.05) is 91.3 Å². The Bertz CT molecular complexity index is 934. The lowest BCUT2D eigenvalue weighted by Gasteiger charge is -2.40. The number of nitrogens with zero attached hydrogens (tertiary/aromatic N) is 1. The predicted molar refractivity (Wildman–Crippen MR) is 150 cm³/mol. The van der Waals surface area contributed by atoms with Gasteiger partial charge in [-0.3, -0.25) is 9.59 Å². The number of ether oxygens (including phenoxy) is 1. The van der Waals surface area contributed by atoms with Crippen molar-refractivity contribution in [1.82, 2.24) is 15.5 Å². The second-order valence-corrected chi connectivity index (χ2v) is 11.5. The summed E-state index contributed by atoms with van der Waals surface area (Å²) in [5.74, 6) is -0.739. The highest BCUT2D eigenvalue weighted by Gasteiger charge is 2.41. The third kappa shape index (κ3) is 8.42. The van der Waals surface area contributed by atoms with Crippen LogP contribution >= 0.6 is 0 Å². The van der Waals surface area contributed by atoms with Crippen LogP contribution in [-0.4, -0.2) is 61.5 Å². The summed E-state index contributed by atoms with van der Waals surface area (Å²) in [5.41, 5.74) is 0.423. The van der Waals surface area contributed by atoms with E-state index in [0.29, 0.717) is 5.57 Å². The average molecular weight is 516 g/mol. The molecule has 1 rings (SSSR count). The fourth-order valence-electron chi connectivity index (χ4n) is 4.55. The first-order valence-corrected chi connectivity index (χ1v) is 13.3. The number of likely N-dealkylation sites (N-methyl/N-ethyl adjacent to an activating group) is 2. The molecule has 0 aliphatic rings. The van der Waals surface area contributed by atoms with Crippen molar-refractivity contribution >= 4 is 17.8 Å². The van der Waals surface area contributed by atoms with E-state index < -0.39 is 28.9 Å². The van der Waals surface area contributed by atoms with Gasteiger partial charge in [0.15, 0.2) is 0 Å². The molecule has 2 N–H and O–H groups in total. The monoisotopic (exact) mass is 515 g/mol. The molecule has 0 saturated carbocycles. The van der Waals surface area contributed by atoms with Crippen LogP contribution in [-0.2, 0) is 24.5 Å². The van der Waals surface area contributed by atoms with E-state index in [2.05, 4.69) is 17.6 Å². The zero-order valence-corrected chi connectivity index (χ0v) is 24.8. The van der Waals surface area contributed by atoms with Crippen molar-refractivity contribution in [3.8, 4) is 0 Å². The van der Waals surface area contributed by atoms with Crippen molar-refractivity contribution in [2.75, 3.05) is 20.7 Å². The van der Waals surface area contributed by atoms with Crippen LogP contribution in [0.4, 0.5) is 0 Å². The quantitative estimate of drug-likeness (QED) is 0.317. The largest absolute Gasteiger partial charge is 0.463 e. The van der Waals surface area contributed by atoms with Crippen molar-refractivity contribution < 1.29 is 19.1 Å². The first-order chi connectivity index (χ1) is 17.1. The molecular weight excluding hydrogens is 466 g/mol. The predicted octanol–water partition coefficient (Wildman–Crippen LogP) is 4.47. The molecule has 0 aromatic heterocycles. The van der Waals surface area contributed by atoms with Gasteiger partial charge in [0, 0.05) is 18.0 Å². The molecule has 0 fully saturated rings. The molecule has 4 atom stereocenters. The van der Waals surface area contributed by atoms with Gasteiger partial charge in [-0.15, -0.1) is 0 Å². The van der Waals surface area contributed by atoms with Gasteiger partial charge in [0.1, 0.15) is 6.04 Å². The van der Waals surface area contributed by atoms with Gasteiger partial charge in [-0.2, -0.15) is 0 Å². The van der Waals surface area contributed by atoms with Crippen molar-refractivity contribution in [1.29, 1.82) is 0 Å². The van der Waals surface area contributed by atoms with Crippen molar-refractivity contribution in [2.24, 2.45) is 11.3 Å². The number of esters is 1. The first kappa shape index (κ1) is 32.4. The third-order valence-electron chi connectivity index (χ3n) is 7.23. The molecule has 0 aliphatic carbocycles.